The fourth-order valence-corrected chi connectivity index (χ4v) is 2.80. The van der Waals surface area contributed by atoms with E-state index < -0.39 is 5.60 Å². The summed E-state index contributed by atoms with van der Waals surface area (Å²) in [6.45, 7) is 9.34. The monoisotopic (exact) mass is 306 g/mol. The molecular weight excluding hydrogens is 280 g/mol. The number of hydrogen-bond acceptors (Lipinski definition) is 5. The van der Waals surface area contributed by atoms with E-state index in [1.54, 1.807) is 18.6 Å². The number of likely N-dealkylation sites (tertiary alicyclic amines) is 1. The standard InChI is InChI=1S/C16H26N4O2/c1-12(14-11-17-7-8-18-14)20-9-5-6-13(20)10-19-15(21)22-16(2,3)4/h7-8,11-13H,5-6,9-10H2,1-4H3,(H,19,21)/t12-,13+/m1/s1. The molecular formula is C16H26N4O2. The Morgan fingerprint density at radius 3 is 2.91 bits per heavy atom. The van der Waals surface area contributed by atoms with Crippen molar-refractivity contribution in [3.8, 4) is 0 Å². The Bertz CT molecular complexity index is 487. The topological polar surface area (TPSA) is 67.4 Å². The predicted molar refractivity (Wildman–Crippen MR) is 84.4 cm³/mol. The molecule has 0 saturated carbocycles. The molecule has 1 aliphatic heterocycles. The maximum Gasteiger partial charge on any atom is 0.407 e. The zero-order valence-electron chi connectivity index (χ0n) is 13.9. The van der Waals surface area contributed by atoms with Gasteiger partial charge in [-0.3, -0.25) is 14.9 Å². The summed E-state index contributed by atoms with van der Waals surface area (Å²) in [7, 11) is 0. The van der Waals surface area contributed by atoms with Crippen molar-refractivity contribution in [2.24, 2.45) is 0 Å². The summed E-state index contributed by atoms with van der Waals surface area (Å²) in [6.07, 6.45) is 7.05. The second-order valence-corrected chi connectivity index (χ2v) is 6.72. The van der Waals surface area contributed by atoms with Gasteiger partial charge in [-0.15, -0.1) is 0 Å². The van der Waals surface area contributed by atoms with Crippen LogP contribution in [0.5, 0.6) is 0 Å². The molecule has 1 aromatic rings. The summed E-state index contributed by atoms with van der Waals surface area (Å²) in [5.74, 6) is 0. The third-order valence-electron chi connectivity index (χ3n) is 3.81. The van der Waals surface area contributed by atoms with Gasteiger partial charge in [0.1, 0.15) is 5.60 Å². The third-order valence-corrected chi connectivity index (χ3v) is 3.81. The summed E-state index contributed by atoms with van der Waals surface area (Å²) >= 11 is 0. The molecule has 2 heterocycles. The number of carbonyl (C=O) groups excluding carboxylic acids is 1. The quantitative estimate of drug-likeness (QED) is 0.926. The predicted octanol–water partition coefficient (Wildman–Crippen LogP) is 2.53. The number of carbonyl (C=O) groups is 1. The maximum atomic E-state index is 11.8. The fourth-order valence-electron chi connectivity index (χ4n) is 2.80. The van der Waals surface area contributed by atoms with Crippen molar-refractivity contribution in [3.05, 3.63) is 24.3 Å². The van der Waals surface area contributed by atoms with Crippen molar-refractivity contribution in [1.82, 2.24) is 20.2 Å². The smallest absolute Gasteiger partial charge is 0.407 e. The Labute approximate surface area is 132 Å². The number of nitrogens with one attached hydrogen (secondary N) is 1. The highest BCUT2D eigenvalue weighted by Crippen LogP contribution is 2.27. The summed E-state index contributed by atoms with van der Waals surface area (Å²) < 4.78 is 5.29. The van der Waals surface area contributed by atoms with Gasteiger partial charge in [0.05, 0.1) is 11.7 Å². The summed E-state index contributed by atoms with van der Waals surface area (Å²) in [5, 5.41) is 2.88. The Morgan fingerprint density at radius 1 is 1.50 bits per heavy atom. The fraction of sp³-hybridized carbons (Fsp3) is 0.688. The molecule has 6 nitrogen and oxygen atoms in total. The van der Waals surface area contributed by atoms with Crippen molar-refractivity contribution < 1.29 is 9.53 Å². The van der Waals surface area contributed by atoms with E-state index in [0.717, 1.165) is 25.1 Å². The van der Waals surface area contributed by atoms with E-state index in [1.165, 1.54) is 0 Å². The molecule has 22 heavy (non-hydrogen) atoms. The normalized spacial score (nSPS) is 20.6. The van der Waals surface area contributed by atoms with Crippen LogP contribution in [0, 0.1) is 0 Å². The molecule has 1 aromatic heterocycles. The van der Waals surface area contributed by atoms with Crippen LogP contribution in [-0.4, -0.2) is 45.7 Å². The highest BCUT2D eigenvalue weighted by molar-refractivity contribution is 5.67. The second-order valence-electron chi connectivity index (χ2n) is 6.72. The van der Waals surface area contributed by atoms with Gasteiger partial charge in [0.25, 0.3) is 0 Å². The van der Waals surface area contributed by atoms with Crippen LogP contribution in [0.2, 0.25) is 0 Å². The molecule has 0 unspecified atom stereocenters. The molecule has 6 heteroatoms. The van der Waals surface area contributed by atoms with Gasteiger partial charge in [0.2, 0.25) is 0 Å². The van der Waals surface area contributed by atoms with E-state index in [-0.39, 0.29) is 12.1 Å². The van der Waals surface area contributed by atoms with Gasteiger partial charge in [0.15, 0.2) is 0 Å². The van der Waals surface area contributed by atoms with E-state index in [2.05, 4.69) is 27.1 Å². The van der Waals surface area contributed by atoms with Crippen LogP contribution < -0.4 is 5.32 Å². The molecule has 1 aliphatic rings. The van der Waals surface area contributed by atoms with Gasteiger partial charge in [-0.2, -0.15) is 0 Å². The van der Waals surface area contributed by atoms with Crippen LogP contribution in [0.4, 0.5) is 4.79 Å². The number of hydrogen-bond donors (Lipinski definition) is 1. The van der Waals surface area contributed by atoms with E-state index in [1.807, 2.05) is 20.8 Å². The first-order valence-corrected chi connectivity index (χ1v) is 7.85. The maximum absolute atomic E-state index is 11.8. The molecule has 1 amide bonds. The number of amides is 1. The largest absolute Gasteiger partial charge is 0.444 e. The molecule has 1 fully saturated rings. The minimum atomic E-state index is -0.466. The van der Waals surface area contributed by atoms with E-state index in [9.17, 15) is 4.79 Å². The van der Waals surface area contributed by atoms with Gasteiger partial charge < -0.3 is 10.1 Å². The molecule has 0 radical (unpaired) electrons. The molecule has 2 atom stereocenters. The van der Waals surface area contributed by atoms with Crippen LogP contribution in [-0.2, 0) is 4.74 Å². The molecule has 122 valence electrons. The van der Waals surface area contributed by atoms with Crippen LogP contribution in [0.15, 0.2) is 18.6 Å². The molecule has 1 N–H and O–H groups in total. The molecule has 2 rings (SSSR count). The van der Waals surface area contributed by atoms with Gasteiger partial charge in [-0.05, 0) is 47.1 Å². The Balaban J connectivity index is 1.90. The first kappa shape index (κ1) is 16.7. The Hall–Kier alpha value is -1.69. The SMILES string of the molecule is C[C@H](c1cnccn1)N1CCC[C@H]1CNC(=O)OC(C)(C)C. The minimum absolute atomic E-state index is 0.196. The number of ether oxygens (including phenoxy) is 1. The lowest BCUT2D eigenvalue weighted by atomic mass is 10.1. The molecule has 1 saturated heterocycles. The average molecular weight is 306 g/mol. The van der Waals surface area contributed by atoms with Crippen molar-refractivity contribution in [2.45, 2.75) is 58.2 Å². The Morgan fingerprint density at radius 2 is 2.27 bits per heavy atom. The summed E-state index contributed by atoms with van der Waals surface area (Å²) in [5.41, 5.74) is 0.499. The van der Waals surface area contributed by atoms with Gasteiger partial charge in [-0.25, -0.2) is 4.79 Å². The van der Waals surface area contributed by atoms with Crippen molar-refractivity contribution in [2.75, 3.05) is 13.1 Å². The lowest BCUT2D eigenvalue weighted by Gasteiger charge is -2.30. The summed E-state index contributed by atoms with van der Waals surface area (Å²) in [4.78, 5) is 22.7. The summed E-state index contributed by atoms with van der Waals surface area (Å²) in [6, 6.07) is 0.506. The van der Waals surface area contributed by atoms with Crippen LogP contribution in [0.1, 0.15) is 52.3 Å². The lowest BCUT2D eigenvalue weighted by molar-refractivity contribution is 0.0507. The van der Waals surface area contributed by atoms with E-state index in [0.29, 0.717) is 12.6 Å². The first-order chi connectivity index (χ1) is 10.4. The van der Waals surface area contributed by atoms with E-state index >= 15 is 0 Å². The number of alkyl carbamates (subject to hydrolysis) is 1. The minimum Gasteiger partial charge on any atom is -0.444 e. The van der Waals surface area contributed by atoms with Crippen LogP contribution >= 0.6 is 0 Å². The highest BCUT2D eigenvalue weighted by Gasteiger charge is 2.30. The molecule has 0 aliphatic carbocycles. The van der Waals surface area contributed by atoms with Gasteiger partial charge >= 0.3 is 6.09 Å². The third kappa shape index (κ3) is 4.66. The highest BCUT2D eigenvalue weighted by atomic mass is 16.6. The number of aromatic nitrogens is 2. The van der Waals surface area contributed by atoms with Crippen molar-refractivity contribution >= 4 is 6.09 Å². The number of nitrogens with zero attached hydrogens (tertiary/aromatic N) is 3. The number of rotatable bonds is 4. The molecule has 0 spiro atoms. The van der Waals surface area contributed by atoms with E-state index in [4.69, 9.17) is 4.74 Å². The second kappa shape index (κ2) is 7.05. The van der Waals surface area contributed by atoms with Crippen LogP contribution in [0.3, 0.4) is 0 Å². The van der Waals surface area contributed by atoms with Gasteiger partial charge in [-0.1, -0.05) is 0 Å². The van der Waals surface area contributed by atoms with Crippen LogP contribution in [0.25, 0.3) is 0 Å². The average Bonchev–Trinajstić information content (AvgIpc) is 2.92. The molecule has 0 bridgehead atoms. The van der Waals surface area contributed by atoms with Crippen molar-refractivity contribution in [1.29, 1.82) is 0 Å². The van der Waals surface area contributed by atoms with Gasteiger partial charge in [0, 0.05) is 31.2 Å². The zero-order chi connectivity index (χ0) is 16.2. The lowest BCUT2D eigenvalue weighted by Crippen LogP contribution is -2.43. The first-order valence-electron chi connectivity index (χ1n) is 7.85. The Kier molecular flexibility index (Phi) is 5.34. The van der Waals surface area contributed by atoms with Crippen molar-refractivity contribution in [3.63, 3.8) is 0 Å². The zero-order valence-corrected chi connectivity index (χ0v) is 13.9. The molecule has 0 aromatic carbocycles.